The monoisotopic (exact) mass is 250 g/mol. The van der Waals surface area contributed by atoms with E-state index in [1.165, 1.54) is 4.68 Å². The van der Waals surface area contributed by atoms with E-state index in [9.17, 15) is 4.79 Å². The molecule has 0 aromatic carbocycles. The lowest BCUT2D eigenvalue weighted by molar-refractivity contribution is -0.142. The number of aliphatic carboxylic acids is 1. The summed E-state index contributed by atoms with van der Waals surface area (Å²) in [5.41, 5.74) is 0.740. The average molecular weight is 250 g/mol. The molecule has 2 rings (SSSR count). The number of aryl methyl sites for hydroxylation is 1. The van der Waals surface area contributed by atoms with Crippen LogP contribution in [0.4, 0.5) is 0 Å². The summed E-state index contributed by atoms with van der Waals surface area (Å²) in [5, 5.41) is 20.4. The molecule has 2 heterocycles. The van der Waals surface area contributed by atoms with E-state index in [2.05, 4.69) is 20.5 Å². The van der Waals surface area contributed by atoms with Gasteiger partial charge in [-0.2, -0.15) is 0 Å². The Labute approximate surface area is 103 Å². The third kappa shape index (κ3) is 1.96. The van der Waals surface area contributed by atoms with Crippen LogP contribution in [0.1, 0.15) is 19.9 Å². The molecule has 0 aliphatic rings. The summed E-state index contributed by atoms with van der Waals surface area (Å²) in [5.74, 6) is -0.954. The molecule has 8 heteroatoms. The first kappa shape index (κ1) is 12.2. The highest BCUT2D eigenvalue weighted by Crippen LogP contribution is 2.22. The smallest absolute Gasteiger partial charge is 0.308 e. The molecule has 0 aliphatic heterocycles. The summed E-state index contributed by atoms with van der Waals surface area (Å²) < 4.78 is 3.29. The van der Waals surface area contributed by atoms with E-state index in [0.717, 1.165) is 5.69 Å². The Morgan fingerprint density at radius 3 is 2.72 bits per heavy atom. The number of carboxylic acids is 1. The number of nitrogens with zero attached hydrogens (tertiary/aromatic N) is 6. The van der Waals surface area contributed by atoms with Gasteiger partial charge in [-0.15, -0.1) is 5.10 Å². The maximum atomic E-state index is 11.0. The third-order valence-electron chi connectivity index (χ3n) is 3.04. The molecule has 2 aromatic heterocycles. The van der Waals surface area contributed by atoms with Gasteiger partial charge in [0, 0.05) is 7.05 Å². The number of imidazole rings is 1. The van der Waals surface area contributed by atoms with Gasteiger partial charge >= 0.3 is 5.97 Å². The Hall–Kier alpha value is -2.25. The minimum Gasteiger partial charge on any atom is -0.481 e. The molecule has 18 heavy (non-hydrogen) atoms. The molecular formula is C10H14N6O2. The van der Waals surface area contributed by atoms with Gasteiger partial charge in [0.25, 0.3) is 0 Å². The van der Waals surface area contributed by atoms with Gasteiger partial charge in [-0.1, -0.05) is 0 Å². The molecule has 2 aromatic rings. The Morgan fingerprint density at radius 1 is 1.44 bits per heavy atom. The van der Waals surface area contributed by atoms with Crippen LogP contribution in [0.5, 0.6) is 0 Å². The Bertz CT molecular complexity index is 560. The molecule has 0 radical (unpaired) electrons. The largest absolute Gasteiger partial charge is 0.481 e. The fourth-order valence-corrected chi connectivity index (χ4v) is 1.63. The van der Waals surface area contributed by atoms with Crippen molar-refractivity contribution in [2.24, 2.45) is 13.0 Å². The zero-order valence-corrected chi connectivity index (χ0v) is 10.3. The summed E-state index contributed by atoms with van der Waals surface area (Å²) in [7, 11) is 1.83. The highest BCUT2D eigenvalue weighted by molar-refractivity contribution is 5.70. The lowest BCUT2D eigenvalue weighted by Crippen LogP contribution is -2.23. The van der Waals surface area contributed by atoms with E-state index in [0.29, 0.717) is 5.82 Å². The molecule has 0 aliphatic carbocycles. The quantitative estimate of drug-likeness (QED) is 0.840. The summed E-state index contributed by atoms with van der Waals surface area (Å²) in [4.78, 5) is 15.0. The van der Waals surface area contributed by atoms with Crippen molar-refractivity contribution < 1.29 is 9.90 Å². The molecule has 0 saturated heterocycles. The van der Waals surface area contributed by atoms with Gasteiger partial charge in [0.1, 0.15) is 5.69 Å². The fraction of sp³-hybridized carbons (Fsp3) is 0.500. The molecule has 0 saturated carbocycles. The normalized spacial score (nSPS) is 14.4. The van der Waals surface area contributed by atoms with Crippen LogP contribution in [-0.4, -0.2) is 40.8 Å². The Kier molecular flexibility index (Phi) is 3.09. The van der Waals surface area contributed by atoms with Crippen LogP contribution in [0, 0.1) is 5.92 Å². The molecule has 0 spiro atoms. The van der Waals surface area contributed by atoms with Gasteiger partial charge < -0.3 is 9.67 Å². The summed E-state index contributed by atoms with van der Waals surface area (Å²) in [6, 6.07) is -0.345. The van der Waals surface area contributed by atoms with Gasteiger partial charge in [-0.25, -0.2) is 9.67 Å². The van der Waals surface area contributed by atoms with Crippen LogP contribution in [0.3, 0.4) is 0 Å². The molecule has 2 atom stereocenters. The maximum Gasteiger partial charge on any atom is 0.308 e. The second-order valence-electron chi connectivity index (χ2n) is 4.20. The summed E-state index contributed by atoms with van der Waals surface area (Å²) in [6.07, 6.45) is 3.28. The topological polar surface area (TPSA) is 98.7 Å². The van der Waals surface area contributed by atoms with Crippen molar-refractivity contribution in [3.8, 4) is 11.5 Å². The molecule has 0 amide bonds. The standard InChI is InChI=1S/C10H14N6O2/c1-6(10(17)18)7(2)16-9(12-13-14-16)8-4-11-5-15(8)3/h4-7H,1-3H3,(H,17,18). The first-order valence-corrected chi connectivity index (χ1v) is 5.49. The van der Waals surface area contributed by atoms with E-state index in [1.54, 1.807) is 30.9 Å². The van der Waals surface area contributed by atoms with Crippen molar-refractivity contribution >= 4 is 5.97 Å². The maximum absolute atomic E-state index is 11.0. The van der Waals surface area contributed by atoms with Crippen molar-refractivity contribution in [3.63, 3.8) is 0 Å². The zero-order chi connectivity index (χ0) is 13.3. The zero-order valence-electron chi connectivity index (χ0n) is 10.3. The van der Waals surface area contributed by atoms with Crippen LogP contribution in [-0.2, 0) is 11.8 Å². The predicted octanol–water partition coefficient (Wildman–Crippen LogP) is 0.355. The highest BCUT2D eigenvalue weighted by Gasteiger charge is 2.25. The predicted molar refractivity (Wildman–Crippen MR) is 61.5 cm³/mol. The van der Waals surface area contributed by atoms with Crippen LogP contribution >= 0.6 is 0 Å². The first-order chi connectivity index (χ1) is 8.52. The lowest BCUT2D eigenvalue weighted by atomic mass is 10.0. The summed E-state index contributed by atoms with van der Waals surface area (Å²) >= 11 is 0. The van der Waals surface area contributed by atoms with E-state index >= 15 is 0 Å². The number of hydrogen-bond acceptors (Lipinski definition) is 5. The first-order valence-electron chi connectivity index (χ1n) is 5.49. The second kappa shape index (κ2) is 4.55. The number of rotatable bonds is 4. The SMILES string of the molecule is CC(C(=O)O)C(C)n1nnnc1-c1cncn1C. The van der Waals surface area contributed by atoms with Gasteiger partial charge in [0.15, 0.2) is 0 Å². The minimum absolute atomic E-state index is 0.345. The van der Waals surface area contributed by atoms with Gasteiger partial charge in [0.05, 0.1) is 24.5 Å². The number of carboxylic acid groups (broad SMARTS) is 1. The van der Waals surface area contributed by atoms with Crippen LogP contribution in [0.15, 0.2) is 12.5 Å². The number of carbonyl (C=O) groups is 1. The number of tetrazole rings is 1. The van der Waals surface area contributed by atoms with Crippen molar-refractivity contribution in [1.82, 2.24) is 29.8 Å². The van der Waals surface area contributed by atoms with Crippen LogP contribution < -0.4 is 0 Å². The summed E-state index contributed by atoms with van der Waals surface area (Å²) in [6.45, 7) is 3.40. The third-order valence-corrected chi connectivity index (χ3v) is 3.04. The molecule has 0 fully saturated rings. The van der Waals surface area contributed by atoms with Gasteiger partial charge in [-0.05, 0) is 24.3 Å². The number of hydrogen-bond donors (Lipinski definition) is 1. The van der Waals surface area contributed by atoms with E-state index in [4.69, 9.17) is 5.11 Å². The second-order valence-corrected chi connectivity index (χ2v) is 4.20. The van der Waals surface area contributed by atoms with Crippen LogP contribution in [0.2, 0.25) is 0 Å². The van der Waals surface area contributed by atoms with Gasteiger partial charge in [-0.3, -0.25) is 4.79 Å². The molecule has 0 bridgehead atoms. The Balaban J connectivity index is 2.40. The van der Waals surface area contributed by atoms with Crippen molar-refractivity contribution in [2.75, 3.05) is 0 Å². The van der Waals surface area contributed by atoms with E-state index in [1.807, 2.05) is 7.05 Å². The Morgan fingerprint density at radius 2 is 2.17 bits per heavy atom. The lowest BCUT2D eigenvalue weighted by Gasteiger charge is -2.17. The minimum atomic E-state index is -0.881. The molecule has 8 nitrogen and oxygen atoms in total. The fourth-order valence-electron chi connectivity index (χ4n) is 1.63. The van der Waals surface area contributed by atoms with Crippen molar-refractivity contribution in [1.29, 1.82) is 0 Å². The van der Waals surface area contributed by atoms with Gasteiger partial charge in [0.2, 0.25) is 5.82 Å². The molecule has 96 valence electrons. The van der Waals surface area contributed by atoms with Crippen molar-refractivity contribution in [3.05, 3.63) is 12.5 Å². The number of aromatic nitrogens is 6. The molecular weight excluding hydrogens is 236 g/mol. The molecule has 2 unspecified atom stereocenters. The average Bonchev–Trinajstić information content (AvgIpc) is 2.94. The van der Waals surface area contributed by atoms with Crippen LogP contribution in [0.25, 0.3) is 11.5 Å². The molecule has 1 N–H and O–H groups in total. The van der Waals surface area contributed by atoms with Crippen molar-refractivity contribution in [2.45, 2.75) is 19.9 Å². The highest BCUT2D eigenvalue weighted by atomic mass is 16.4. The van der Waals surface area contributed by atoms with E-state index in [-0.39, 0.29) is 6.04 Å². The van der Waals surface area contributed by atoms with E-state index < -0.39 is 11.9 Å².